The minimum absolute atomic E-state index is 0.0631. The summed E-state index contributed by atoms with van der Waals surface area (Å²) in [5, 5.41) is 4.70. The van der Waals surface area contributed by atoms with Gasteiger partial charge in [0.1, 0.15) is 0 Å². The van der Waals surface area contributed by atoms with Crippen molar-refractivity contribution in [3.63, 3.8) is 0 Å². The molecule has 2 rings (SSSR count). The summed E-state index contributed by atoms with van der Waals surface area (Å²) in [6.07, 6.45) is 0.950. The maximum absolute atomic E-state index is 11.2. The Kier molecular flexibility index (Phi) is 1.73. The molecule has 0 saturated carbocycles. The number of fused-ring (bicyclic) bond motifs is 1. The zero-order valence-electron chi connectivity index (χ0n) is 5.69. The average Bonchev–Trinajstić information content (AvgIpc) is 2.35. The maximum atomic E-state index is 11.2. The van der Waals surface area contributed by atoms with E-state index < -0.39 is 0 Å². The van der Waals surface area contributed by atoms with Crippen molar-refractivity contribution in [2.75, 3.05) is 6.54 Å². The lowest BCUT2D eigenvalue weighted by molar-refractivity contribution is 0.0946. The van der Waals surface area contributed by atoms with Gasteiger partial charge in [0.05, 0.1) is 9.35 Å². The van der Waals surface area contributed by atoms with Gasteiger partial charge in [-0.15, -0.1) is 11.3 Å². The van der Waals surface area contributed by atoms with Crippen molar-refractivity contribution in [1.82, 2.24) is 5.32 Å². The lowest BCUT2D eigenvalue weighted by Crippen LogP contribution is -2.30. The summed E-state index contributed by atoms with van der Waals surface area (Å²) in [4.78, 5) is 11.2. The highest BCUT2D eigenvalue weighted by molar-refractivity contribution is 9.11. The summed E-state index contributed by atoms with van der Waals surface area (Å²) < 4.78 is 1.10. The van der Waals surface area contributed by atoms with E-state index in [9.17, 15) is 4.79 Å². The van der Waals surface area contributed by atoms with Gasteiger partial charge in [0.25, 0.3) is 5.91 Å². The number of hydrogen-bond acceptors (Lipinski definition) is 2. The molecule has 2 heterocycles. The lowest BCUT2D eigenvalue weighted by atomic mass is 10.1. The van der Waals surface area contributed by atoms with Crippen LogP contribution in [-0.4, -0.2) is 12.5 Å². The zero-order valence-corrected chi connectivity index (χ0v) is 8.09. The van der Waals surface area contributed by atoms with Crippen LogP contribution in [0.1, 0.15) is 15.9 Å². The summed E-state index contributed by atoms with van der Waals surface area (Å²) in [6.45, 7) is 0.765. The molecule has 2 nitrogen and oxygen atoms in total. The van der Waals surface area contributed by atoms with Crippen LogP contribution in [0.4, 0.5) is 0 Å². The number of hydrogen-bond donors (Lipinski definition) is 1. The fourth-order valence-corrected chi connectivity index (χ4v) is 2.70. The molecule has 0 radical (unpaired) electrons. The molecule has 0 saturated heterocycles. The number of thiophene rings is 1. The molecule has 1 aliphatic heterocycles. The van der Waals surface area contributed by atoms with Crippen molar-refractivity contribution in [3.8, 4) is 0 Å². The van der Waals surface area contributed by atoms with Gasteiger partial charge < -0.3 is 5.32 Å². The van der Waals surface area contributed by atoms with Crippen molar-refractivity contribution in [3.05, 3.63) is 20.3 Å². The van der Waals surface area contributed by atoms with Crippen molar-refractivity contribution < 1.29 is 4.79 Å². The fraction of sp³-hybridized carbons (Fsp3) is 0.286. The van der Waals surface area contributed by atoms with E-state index in [0.29, 0.717) is 0 Å². The Balaban J connectivity index is 2.55. The molecule has 1 aliphatic rings. The molecule has 4 heteroatoms. The highest BCUT2D eigenvalue weighted by Gasteiger charge is 2.19. The van der Waals surface area contributed by atoms with Gasteiger partial charge in [-0.05, 0) is 27.9 Å². The topological polar surface area (TPSA) is 29.1 Å². The molecule has 0 aromatic carbocycles. The molecule has 0 atom stereocenters. The summed E-state index contributed by atoms with van der Waals surface area (Å²) in [7, 11) is 0. The standard InChI is InChI=1S/C7H6BrNOS/c8-6-4-1-2-9-7(10)5(4)3-11-6/h3H,1-2H2,(H,9,10). The number of halogens is 1. The van der Waals surface area contributed by atoms with Crippen molar-refractivity contribution in [2.45, 2.75) is 6.42 Å². The van der Waals surface area contributed by atoms with Gasteiger partial charge in [0.2, 0.25) is 0 Å². The molecular weight excluding hydrogens is 226 g/mol. The van der Waals surface area contributed by atoms with Crippen molar-refractivity contribution >= 4 is 33.2 Å². The van der Waals surface area contributed by atoms with Gasteiger partial charge in [-0.1, -0.05) is 0 Å². The minimum Gasteiger partial charge on any atom is -0.352 e. The van der Waals surface area contributed by atoms with Gasteiger partial charge in [-0.25, -0.2) is 0 Å². The second-order valence-electron chi connectivity index (χ2n) is 2.41. The number of rotatable bonds is 0. The van der Waals surface area contributed by atoms with Crippen LogP contribution in [-0.2, 0) is 6.42 Å². The molecule has 1 N–H and O–H groups in total. The van der Waals surface area contributed by atoms with Crippen molar-refractivity contribution in [2.24, 2.45) is 0 Å². The van der Waals surface area contributed by atoms with E-state index in [-0.39, 0.29) is 5.91 Å². The third-order valence-corrected chi connectivity index (χ3v) is 3.59. The Morgan fingerprint density at radius 3 is 3.18 bits per heavy atom. The Hall–Kier alpha value is -0.350. The molecule has 0 fully saturated rings. The number of carbonyl (C=O) groups is 1. The first-order chi connectivity index (χ1) is 5.29. The molecule has 0 unspecified atom stereocenters. The van der Waals surface area contributed by atoms with E-state index in [0.717, 1.165) is 22.3 Å². The van der Waals surface area contributed by atoms with E-state index in [4.69, 9.17) is 0 Å². The van der Waals surface area contributed by atoms with Crippen LogP contribution in [0.5, 0.6) is 0 Å². The summed E-state index contributed by atoms with van der Waals surface area (Å²) in [6, 6.07) is 0. The second-order valence-corrected chi connectivity index (χ2v) is 4.61. The van der Waals surface area contributed by atoms with E-state index in [2.05, 4.69) is 21.2 Å². The highest BCUT2D eigenvalue weighted by Crippen LogP contribution is 2.29. The van der Waals surface area contributed by atoms with Crippen molar-refractivity contribution in [1.29, 1.82) is 0 Å². The smallest absolute Gasteiger partial charge is 0.252 e. The summed E-state index contributed by atoms with van der Waals surface area (Å²) in [5.41, 5.74) is 2.01. The van der Waals surface area contributed by atoms with E-state index in [1.54, 1.807) is 11.3 Å². The quantitative estimate of drug-likeness (QED) is 0.726. The second kappa shape index (κ2) is 2.60. The molecule has 1 aromatic rings. The van der Waals surface area contributed by atoms with E-state index in [1.165, 1.54) is 5.56 Å². The summed E-state index contributed by atoms with van der Waals surface area (Å²) in [5.74, 6) is 0.0631. The van der Waals surface area contributed by atoms with Gasteiger partial charge >= 0.3 is 0 Å². The van der Waals surface area contributed by atoms with E-state index in [1.807, 2.05) is 5.38 Å². The minimum atomic E-state index is 0.0631. The average molecular weight is 232 g/mol. The van der Waals surface area contributed by atoms with Crippen LogP contribution < -0.4 is 5.32 Å². The van der Waals surface area contributed by atoms with Crippen LogP contribution >= 0.6 is 27.3 Å². The number of carbonyl (C=O) groups excluding carboxylic acids is 1. The molecule has 0 aliphatic carbocycles. The van der Waals surface area contributed by atoms with E-state index >= 15 is 0 Å². The third kappa shape index (κ3) is 1.10. The third-order valence-electron chi connectivity index (χ3n) is 1.75. The molecular formula is C7H6BrNOS. The monoisotopic (exact) mass is 231 g/mol. The van der Waals surface area contributed by atoms with Crippen LogP contribution in [0.2, 0.25) is 0 Å². The first-order valence-electron chi connectivity index (χ1n) is 3.33. The number of nitrogens with one attached hydrogen (secondary N) is 1. The molecule has 1 aromatic heterocycles. The first kappa shape index (κ1) is 7.31. The molecule has 0 bridgehead atoms. The Labute approximate surface area is 76.7 Å². The highest BCUT2D eigenvalue weighted by atomic mass is 79.9. The Morgan fingerprint density at radius 1 is 1.64 bits per heavy atom. The molecule has 1 amide bonds. The van der Waals surface area contributed by atoms with Crippen LogP contribution in [0.25, 0.3) is 0 Å². The van der Waals surface area contributed by atoms with Gasteiger partial charge in [-0.3, -0.25) is 4.79 Å². The zero-order chi connectivity index (χ0) is 7.84. The Bertz CT molecular complexity index is 307. The largest absolute Gasteiger partial charge is 0.352 e. The lowest BCUT2D eigenvalue weighted by Gasteiger charge is -2.11. The SMILES string of the molecule is O=C1NCCc2c1csc2Br. The maximum Gasteiger partial charge on any atom is 0.252 e. The predicted molar refractivity (Wildman–Crippen MR) is 48.1 cm³/mol. The van der Waals surface area contributed by atoms with Crippen LogP contribution in [0, 0.1) is 0 Å². The van der Waals surface area contributed by atoms with Gasteiger partial charge in [0, 0.05) is 11.9 Å². The summed E-state index contributed by atoms with van der Waals surface area (Å²) >= 11 is 5.00. The van der Waals surface area contributed by atoms with Crippen LogP contribution in [0.3, 0.4) is 0 Å². The Morgan fingerprint density at radius 2 is 2.45 bits per heavy atom. The predicted octanol–water partition coefficient (Wildman–Crippen LogP) is 1.80. The molecule has 11 heavy (non-hydrogen) atoms. The number of amides is 1. The normalized spacial score (nSPS) is 15.9. The van der Waals surface area contributed by atoms with Gasteiger partial charge in [-0.2, -0.15) is 0 Å². The fourth-order valence-electron chi connectivity index (χ4n) is 1.18. The van der Waals surface area contributed by atoms with Gasteiger partial charge in [0.15, 0.2) is 0 Å². The van der Waals surface area contributed by atoms with Crippen LogP contribution in [0.15, 0.2) is 9.17 Å². The molecule has 58 valence electrons. The first-order valence-corrected chi connectivity index (χ1v) is 5.00. The molecule has 0 spiro atoms.